The van der Waals surface area contributed by atoms with Gasteiger partial charge in [0.25, 0.3) is 0 Å². The molecule has 0 amide bonds. The van der Waals surface area contributed by atoms with Crippen LogP contribution in [0.1, 0.15) is 126 Å². The van der Waals surface area contributed by atoms with Crippen LogP contribution < -0.4 is 5.32 Å². The van der Waals surface area contributed by atoms with Gasteiger partial charge in [-0.3, -0.25) is 0 Å². The third kappa shape index (κ3) is 6.99. The van der Waals surface area contributed by atoms with Crippen LogP contribution in [0.15, 0.2) is 35.9 Å². The Labute approximate surface area is 198 Å². The molecule has 0 radical (unpaired) electrons. The second-order valence-corrected chi connectivity index (χ2v) is 10.4. The van der Waals surface area contributed by atoms with E-state index in [2.05, 4.69) is 55.4 Å². The molecule has 0 spiro atoms. The zero-order chi connectivity index (χ0) is 22.6. The van der Waals surface area contributed by atoms with E-state index in [0.717, 1.165) is 11.8 Å². The fraction of sp³-hybridized carbons (Fsp3) is 0.677. The van der Waals surface area contributed by atoms with Gasteiger partial charge in [-0.05, 0) is 75.0 Å². The van der Waals surface area contributed by atoms with E-state index in [0.29, 0.717) is 12.0 Å². The predicted molar refractivity (Wildman–Crippen MR) is 140 cm³/mol. The molecule has 0 aromatic heterocycles. The summed E-state index contributed by atoms with van der Waals surface area (Å²) < 4.78 is 0. The zero-order valence-electron chi connectivity index (χ0n) is 20.7. The minimum absolute atomic E-state index is 0.573. The van der Waals surface area contributed by atoms with Crippen molar-refractivity contribution in [2.45, 2.75) is 121 Å². The Morgan fingerprint density at radius 1 is 0.906 bits per heavy atom. The highest BCUT2D eigenvalue weighted by atomic mass is 14.9. The fourth-order valence-corrected chi connectivity index (χ4v) is 6.66. The monoisotopic (exact) mass is 433 g/mol. The second kappa shape index (κ2) is 13.9. The molecule has 3 fully saturated rings. The molecule has 1 nitrogen and oxygen atoms in total. The number of hydrogen-bond acceptors (Lipinski definition) is 1. The number of nitrogens with one attached hydrogen (secondary N) is 1. The van der Waals surface area contributed by atoms with E-state index in [9.17, 15) is 0 Å². The van der Waals surface area contributed by atoms with Gasteiger partial charge >= 0.3 is 0 Å². The normalized spacial score (nSPS) is 24.0. The Bertz CT molecular complexity index is 679. The first-order chi connectivity index (χ1) is 15.8. The van der Waals surface area contributed by atoms with Crippen LogP contribution in [0.25, 0.3) is 0 Å². The molecule has 1 aliphatic heterocycles. The molecule has 2 atom stereocenters. The summed E-state index contributed by atoms with van der Waals surface area (Å²) in [5, 5.41) is 3.85. The van der Waals surface area contributed by atoms with Crippen molar-refractivity contribution in [3.63, 3.8) is 0 Å². The van der Waals surface area contributed by atoms with Gasteiger partial charge in [0.15, 0.2) is 0 Å². The molecule has 1 saturated heterocycles. The summed E-state index contributed by atoms with van der Waals surface area (Å²) in [6.45, 7) is 3.48. The van der Waals surface area contributed by atoms with Crippen molar-refractivity contribution in [1.29, 1.82) is 0 Å². The molecule has 1 unspecified atom stereocenters. The number of allylic oxidation sites excluding steroid dienone is 1. The smallest absolute Gasteiger partial charge is 0.0202 e. The molecule has 3 aliphatic rings. The molecule has 176 valence electrons. The molecule has 1 aromatic carbocycles. The minimum atomic E-state index is 0.573. The van der Waals surface area contributed by atoms with Gasteiger partial charge in [0, 0.05) is 12.0 Å². The van der Waals surface area contributed by atoms with E-state index in [4.69, 9.17) is 0 Å². The van der Waals surface area contributed by atoms with Crippen molar-refractivity contribution in [2.24, 2.45) is 5.92 Å². The molecule has 2 aliphatic carbocycles. The van der Waals surface area contributed by atoms with Gasteiger partial charge in [0.2, 0.25) is 0 Å². The van der Waals surface area contributed by atoms with Gasteiger partial charge < -0.3 is 5.32 Å². The number of rotatable bonds is 8. The third-order valence-electron chi connectivity index (χ3n) is 8.45. The van der Waals surface area contributed by atoms with E-state index in [1.807, 2.05) is 0 Å². The summed E-state index contributed by atoms with van der Waals surface area (Å²) in [5.74, 6) is 2.39. The van der Waals surface area contributed by atoms with Crippen LogP contribution >= 0.6 is 0 Å². The second-order valence-electron chi connectivity index (χ2n) is 10.4. The molecule has 1 heterocycles. The molecule has 2 saturated carbocycles. The summed E-state index contributed by atoms with van der Waals surface area (Å²) in [6.07, 6.45) is 31.7. The van der Waals surface area contributed by atoms with Crippen LogP contribution in [-0.4, -0.2) is 12.6 Å². The maximum atomic E-state index is 4.00. The van der Waals surface area contributed by atoms with Crippen molar-refractivity contribution >= 4 is 0 Å². The van der Waals surface area contributed by atoms with Gasteiger partial charge in [0.05, 0.1) is 0 Å². The largest absolute Gasteiger partial charge is 0.313 e. The predicted octanol–water partition coefficient (Wildman–Crippen LogP) is 8.52. The lowest BCUT2D eigenvalue weighted by Crippen LogP contribution is -2.30. The molecule has 0 bridgehead atoms. The van der Waals surface area contributed by atoms with Crippen LogP contribution in [0.3, 0.4) is 0 Å². The van der Waals surface area contributed by atoms with Crippen LogP contribution in [-0.2, 0) is 0 Å². The van der Waals surface area contributed by atoms with Crippen LogP contribution in [0, 0.1) is 18.8 Å². The van der Waals surface area contributed by atoms with Crippen LogP contribution in [0.2, 0.25) is 0 Å². The average molecular weight is 434 g/mol. The summed E-state index contributed by atoms with van der Waals surface area (Å²) in [6, 6.07) is 10.6. The van der Waals surface area contributed by atoms with Gasteiger partial charge in [-0.1, -0.05) is 93.7 Å². The Balaban J connectivity index is 0.00000141. The quantitative estimate of drug-likeness (QED) is 0.320. The van der Waals surface area contributed by atoms with E-state index in [1.54, 1.807) is 16.7 Å². The number of terminal acetylenes is 1. The van der Waals surface area contributed by atoms with Crippen molar-refractivity contribution in [2.75, 3.05) is 6.54 Å². The molecule has 4 rings (SSSR count). The maximum absolute atomic E-state index is 4.00. The topological polar surface area (TPSA) is 12.0 Å². The summed E-state index contributed by atoms with van der Waals surface area (Å²) in [4.78, 5) is 0. The fourth-order valence-electron chi connectivity index (χ4n) is 6.66. The van der Waals surface area contributed by atoms with Crippen molar-refractivity contribution < 1.29 is 0 Å². The summed E-state index contributed by atoms with van der Waals surface area (Å²) in [7, 11) is 0. The first-order valence-electron chi connectivity index (χ1n) is 13.7. The van der Waals surface area contributed by atoms with Gasteiger partial charge in [-0.15, -0.1) is 12.8 Å². The first kappa shape index (κ1) is 25.1. The average Bonchev–Trinajstić information content (AvgIpc) is 3.40. The Morgan fingerprint density at radius 2 is 1.56 bits per heavy atom. The lowest BCUT2D eigenvalue weighted by Gasteiger charge is -2.29. The Hall–Kier alpha value is -1.52. The highest BCUT2D eigenvalue weighted by Gasteiger charge is 2.29. The minimum Gasteiger partial charge on any atom is -0.313 e. The van der Waals surface area contributed by atoms with E-state index < -0.39 is 0 Å². The lowest BCUT2D eigenvalue weighted by atomic mass is 9.79. The van der Waals surface area contributed by atoms with Crippen molar-refractivity contribution in [3.8, 4) is 12.8 Å². The van der Waals surface area contributed by atoms with Crippen LogP contribution in [0.5, 0.6) is 0 Å². The van der Waals surface area contributed by atoms with Crippen molar-refractivity contribution in [3.05, 3.63) is 47.0 Å². The Kier molecular flexibility index (Phi) is 10.9. The standard InChI is InChI=1S/C29H45N.C2H2/c1-2-24(16-9-13-23-11-5-3-6-12-23)29(28-17-10-22-30-28)27-20-18-26(19-21-27)25-14-7-4-8-15-25;1-2/h2,18-21,23,25,28-30H,3-17,22H2,1H3;1-2H/b24-2+;/t28?,29-;/m0./s1. The number of hydrogen-bond donors (Lipinski definition) is 1. The Morgan fingerprint density at radius 3 is 2.16 bits per heavy atom. The highest BCUT2D eigenvalue weighted by molar-refractivity contribution is 5.35. The third-order valence-corrected chi connectivity index (χ3v) is 8.45. The summed E-state index contributed by atoms with van der Waals surface area (Å²) in [5.41, 5.74) is 4.84. The summed E-state index contributed by atoms with van der Waals surface area (Å²) >= 11 is 0. The zero-order valence-corrected chi connectivity index (χ0v) is 20.7. The maximum Gasteiger partial charge on any atom is 0.0202 e. The van der Waals surface area contributed by atoms with Gasteiger partial charge in [-0.25, -0.2) is 0 Å². The lowest BCUT2D eigenvalue weighted by molar-refractivity contribution is 0.331. The van der Waals surface area contributed by atoms with E-state index >= 15 is 0 Å². The molecule has 1 heteroatoms. The number of benzene rings is 1. The van der Waals surface area contributed by atoms with Crippen molar-refractivity contribution in [1.82, 2.24) is 5.32 Å². The molecule has 32 heavy (non-hydrogen) atoms. The van der Waals surface area contributed by atoms with E-state index in [-0.39, 0.29) is 0 Å². The molecular formula is C31H47N. The van der Waals surface area contributed by atoms with E-state index in [1.165, 1.54) is 103 Å². The first-order valence-corrected chi connectivity index (χ1v) is 13.7. The molecule has 1 N–H and O–H groups in total. The SMILES string of the molecule is C#C.C/C=C(\CCCC1CCCCC1)[C@@H](c1ccc(C2CCCCC2)cc1)C1CCCN1. The highest BCUT2D eigenvalue weighted by Crippen LogP contribution is 2.38. The molecule has 1 aromatic rings. The van der Waals surface area contributed by atoms with Crippen LogP contribution in [0.4, 0.5) is 0 Å². The molecular weight excluding hydrogens is 386 g/mol. The van der Waals surface area contributed by atoms with Gasteiger partial charge in [0.1, 0.15) is 0 Å². The van der Waals surface area contributed by atoms with Gasteiger partial charge in [-0.2, -0.15) is 0 Å².